The van der Waals surface area contributed by atoms with Crippen molar-refractivity contribution in [1.29, 1.82) is 0 Å². The Hall–Kier alpha value is -3.74. The SMILES string of the molecule is COc1cccc(OCc2nc(C(=O)NCc3cccc4[nH]ccc34)co2)c1. The lowest BCUT2D eigenvalue weighted by atomic mass is 10.1. The first-order chi connectivity index (χ1) is 13.7. The molecule has 2 aromatic carbocycles. The van der Waals surface area contributed by atoms with Gasteiger partial charge in [0.25, 0.3) is 5.91 Å². The number of rotatable bonds is 7. The molecule has 7 nitrogen and oxygen atoms in total. The molecule has 0 unspecified atom stereocenters. The smallest absolute Gasteiger partial charge is 0.273 e. The number of aromatic amines is 1. The molecule has 0 spiro atoms. The Balaban J connectivity index is 1.35. The molecule has 0 aliphatic carbocycles. The third-order valence-electron chi connectivity index (χ3n) is 4.31. The van der Waals surface area contributed by atoms with Crippen LogP contribution in [-0.2, 0) is 13.2 Å². The van der Waals surface area contributed by atoms with Crippen molar-refractivity contribution >= 4 is 16.8 Å². The first-order valence-corrected chi connectivity index (χ1v) is 8.77. The van der Waals surface area contributed by atoms with Crippen molar-refractivity contribution in [2.45, 2.75) is 13.2 Å². The summed E-state index contributed by atoms with van der Waals surface area (Å²) >= 11 is 0. The minimum atomic E-state index is -0.302. The molecule has 1 amide bonds. The Bertz CT molecular complexity index is 1100. The maximum Gasteiger partial charge on any atom is 0.273 e. The van der Waals surface area contributed by atoms with Gasteiger partial charge in [-0.2, -0.15) is 0 Å². The Morgan fingerprint density at radius 2 is 2.04 bits per heavy atom. The number of nitrogens with one attached hydrogen (secondary N) is 2. The van der Waals surface area contributed by atoms with E-state index < -0.39 is 0 Å². The molecule has 7 heteroatoms. The van der Waals surface area contributed by atoms with Crippen LogP contribution in [0.25, 0.3) is 10.9 Å². The molecule has 0 radical (unpaired) electrons. The molecule has 0 atom stereocenters. The number of hydrogen-bond donors (Lipinski definition) is 2. The van der Waals surface area contributed by atoms with E-state index in [9.17, 15) is 4.79 Å². The van der Waals surface area contributed by atoms with Gasteiger partial charge in [0, 0.05) is 29.7 Å². The standard InChI is InChI=1S/C21H19N3O4/c1-26-15-5-3-6-16(10-15)27-13-20-24-19(12-28-20)21(25)23-11-14-4-2-7-18-17(14)8-9-22-18/h2-10,12,22H,11,13H2,1H3,(H,23,25). The van der Waals surface area contributed by atoms with Gasteiger partial charge in [0.1, 0.15) is 17.8 Å². The molecule has 0 saturated heterocycles. The van der Waals surface area contributed by atoms with Crippen LogP contribution in [0.3, 0.4) is 0 Å². The van der Waals surface area contributed by atoms with Crippen LogP contribution in [-0.4, -0.2) is 23.0 Å². The zero-order chi connectivity index (χ0) is 19.3. The van der Waals surface area contributed by atoms with E-state index in [1.54, 1.807) is 19.2 Å². The number of hydrogen-bond acceptors (Lipinski definition) is 5. The zero-order valence-corrected chi connectivity index (χ0v) is 15.3. The van der Waals surface area contributed by atoms with Gasteiger partial charge < -0.3 is 24.2 Å². The predicted octanol–water partition coefficient (Wildman–Crippen LogP) is 3.67. The van der Waals surface area contributed by atoms with Crippen LogP contribution in [0, 0.1) is 0 Å². The molecule has 2 N–H and O–H groups in total. The Morgan fingerprint density at radius 3 is 2.93 bits per heavy atom. The van der Waals surface area contributed by atoms with Crippen molar-refractivity contribution in [1.82, 2.24) is 15.3 Å². The fraction of sp³-hybridized carbons (Fsp3) is 0.143. The topological polar surface area (TPSA) is 89.4 Å². The molecule has 0 aliphatic rings. The minimum Gasteiger partial charge on any atom is -0.497 e. The molecule has 0 aliphatic heterocycles. The zero-order valence-electron chi connectivity index (χ0n) is 15.3. The number of methoxy groups -OCH3 is 1. The van der Waals surface area contributed by atoms with Gasteiger partial charge in [0.2, 0.25) is 5.89 Å². The van der Waals surface area contributed by atoms with Crippen molar-refractivity contribution in [3.63, 3.8) is 0 Å². The molecule has 2 heterocycles. The van der Waals surface area contributed by atoms with Crippen molar-refractivity contribution in [2.24, 2.45) is 0 Å². The van der Waals surface area contributed by atoms with Gasteiger partial charge in [-0.05, 0) is 29.8 Å². The lowest BCUT2D eigenvalue weighted by Gasteiger charge is -2.05. The summed E-state index contributed by atoms with van der Waals surface area (Å²) in [4.78, 5) is 19.7. The van der Waals surface area contributed by atoms with Gasteiger partial charge in [0.15, 0.2) is 12.3 Å². The van der Waals surface area contributed by atoms with Crippen molar-refractivity contribution < 1.29 is 18.7 Å². The number of benzene rings is 2. The highest BCUT2D eigenvalue weighted by molar-refractivity contribution is 5.92. The Morgan fingerprint density at radius 1 is 1.18 bits per heavy atom. The van der Waals surface area contributed by atoms with E-state index in [0.29, 0.717) is 23.9 Å². The summed E-state index contributed by atoms with van der Waals surface area (Å²) in [5, 5.41) is 3.95. The van der Waals surface area contributed by atoms with Crippen LogP contribution in [0.1, 0.15) is 21.9 Å². The van der Waals surface area contributed by atoms with Gasteiger partial charge in [-0.15, -0.1) is 0 Å². The van der Waals surface area contributed by atoms with Crippen molar-refractivity contribution in [3.8, 4) is 11.5 Å². The normalized spacial score (nSPS) is 10.8. The Kier molecular flexibility index (Phi) is 4.97. The van der Waals surface area contributed by atoms with E-state index in [0.717, 1.165) is 16.5 Å². The summed E-state index contributed by atoms with van der Waals surface area (Å²) in [6.07, 6.45) is 3.21. The lowest BCUT2D eigenvalue weighted by Crippen LogP contribution is -2.23. The highest BCUT2D eigenvalue weighted by atomic mass is 16.5. The first-order valence-electron chi connectivity index (χ1n) is 8.77. The summed E-state index contributed by atoms with van der Waals surface area (Å²) in [6.45, 7) is 0.514. The number of amides is 1. The van der Waals surface area contributed by atoms with Crippen LogP contribution in [0.15, 0.2) is 65.4 Å². The highest BCUT2D eigenvalue weighted by Gasteiger charge is 2.13. The molecule has 0 bridgehead atoms. The summed E-state index contributed by atoms with van der Waals surface area (Å²) in [7, 11) is 1.59. The van der Waals surface area contributed by atoms with Crippen LogP contribution in [0.5, 0.6) is 11.5 Å². The van der Waals surface area contributed by atoms with Crippen LogP contribution >= 0.6 is 0 Å². The van der Waals surface area contributed by atoms with E-state index in [1.165, 1.54) is 6.26 Å². The summed E-state index contributed by atoms with van der Waals surface area (Å²) in [6, 6.07) is 15.1. The quantitative estimate of drug-likeness (QED) is 0.513. The predicted molar refractivity (Wildman–Crippen MR) is 103 cm³/mol. The molecular weight excluding hydrogens is 358 g/mol. The third kappa shape index (κ3) is 3.83. The number of carbonyl (C=O) groups is 1. The van der Waals surface area contributed by atoms with Crippen molar-refractivity contribution in [3.05, 3.63) is 78.1 Å². The molecule has 142 valence electrons. The van der Waals surface area contributed by atoms with Crippen LogP contribution in [0.4, 0.5) is 0 Å². The molecule has 0 fully saturated rings. The average molecular weight is 377 g/mol. The minimum absolute atomic E-state index is 0.114. The van der Waals surface area contributed by atoms with Crippen LogP contribution < -0.4 is 14.8 Å². The fourth-order valence-corrected chi connectivity index (χ4v) is 2.89. The van der Waals surface area contributed by atoms with Crippen LogP contribution in [0.2, 0.25) is 0 Å². The monoisotopic (exact) mass is 377 g/mol. The number of ether oxygens (including phenoxy) is 2. The Labute approximate surface area is 161 Å². The third-order valence-corrected chi connectivity index (χ3v) is 4.31. The van der Waals surface area contributed by atoms with Gasteiger partial charge in [-0.1, -0.05) is 18.2 Å². The second kappa shape index (κ2) is 7.87. The summed E-state index contributed by atoms with van der Waals surface area (Å²) in [5.41, 5.74) is 2.27. The summed E-state index contributed by atoms with van der Waals surface area (Å²) < 4.78 is 16.1. The number of carbonyl (C=O) groups excluding carboxylic acids is 1. The molecule has 28 heavy (non-hydrogen) atoms. The second-order valence-corrected chi connectivity index (χ2v) is 6.13. The van der Waals surface area contributed by atoms with E-state index in [4.69, 9.17) is 13.9 Å². The highest BCUT2D eigenvalue weighted by Crippen LogP contribution is 2.20. The van der Waals surface area contributed by atoms with Gasteiger partial charge >= 0.3 is 0 Å². The molecule has 0 saturated carbocycles. The molecular formula is C21H19N3O4. The number of aromatic nitrogens is 2. The molecule has 4 aromatic rings. The maximum atomic E-state index is 12.4. The van der Waals surface area contributed by atoms with E-state index in [1.807, 2.05) is 42.6 Å². The number of H-pyrrole nitrogens is 1. The second-order valence-electron chi connectivity index (χ2n) is 6.13. The van der Waals surface area contributed by atoms with Gasteiger partial charge in [-0.3, -0.25) is 4.79 Å². The number of fused-ring (bicyclic) bond motifs is 1. The molecule has 2 aromatic heterocycles. The number of oxazole rings is 1. The maximum absolute atomic E-state index is 12.4. The first kappa shape index (κ1) is 17.7. The van der Waals surface area contributed by atoms with Gasteiger partial charge in [-0.25, -0.2) is 4.98 Å². The van der Waals surface area contributed by atoms with E-state index in [2.05, 4.69) is 15.3 Å². The average Bonchev–Trinajstić information content (AvgIpc) is 3.40. The largest absolute Gasteiger partial charge is 0.497 e. The summed E-state index contributed by atoms with van der Waals surface area (Å²) in [5.74, 6) is 1.34. The lowest BCUT2D eigenvalue weighted by molar-refractivity contribution is 0.0946. The van der Waals surface area contributed by atoms with Crippen molar-refractivity contribution in [2.75, 3.05) is 7.11 Å². The van der Waals surface area contributed by atoms with Gasteiger partial charge in [0.05, 0.1) is 7.11 Å². The van der Waals surface area contributed by atoms with E-state index in [-0.39, 0.29) is 18.2 Å². The fourth-order valence-electron chi connectivity index (χ4n) is 2.89. The number of nitrogens with zero attached hydrogens (tertiary/aromatic N) is 1. The van der Waals surface area contributed by atoms with E-state index >= 15 is 0 Å². The molecule has 4 rings (SSSR count).